The van der Waals surface area contributed by atoms with Gasteiger partial charge in [-0.05, 0) is 36.6 Å². The summed E-state index contributed by atoms with van der Waals surface area (Å²) in [5, 5.41) is 3.38. The van der Waals surface area contributed by atoms with Gasteiger partial charge in [-0.3, -0.25) is 0 Å². The predicted molar refractivity (Wildman–Crippen MR) is 64.2 cm³/mol. The molecule has 1 aromatic rings. The summed E-state index contributed by atoms with van der Waals surface area (Å²) in [5.74, 6) is 2.90. The fourth-order valence-corrected chi connectivity index (χ4v) is 2.47. The molecule has 1 fully saturated rings. The number of methoxy groups -OCH3 is 1. The molecule has 0 radical (unpaired) electrons. The number of benzene rings is 1. The fourth-order valence-electron chi connectivity index (χ4n) is 2.47. The van der Waals surface area contributed by atoms with Gasteiger partial charge in [-0.1, -0.05) is 0 Å². The summed E-state index contributed by atoms with van der Waals surface area (Å²) in [5.41, 5.74) is 1.27. The van der Waals surface area contributed by atoms with Gasteiger partial charge in [-0.15, -0.1) is 0 Å². The Bertz CT molecular complexity index is 396. The minimum atomic E-state index is 0.555. The molecule has 1 unspecified atom stereocenters. The molecule has 1 N–H and O–H groups in total. The molecule has 0 aromatic heterocycles. The summed E-state index contributed by atoms with van der Waals surface area (Å²) in [6, 6.07) is 4.17. The summed E-state index contributed by atoms with van der Waals surface area (Å²) < 4.78 is 16.6. The lowest BCUT2D eigenvalue weighted by atomic mass is 9.97. The first-order valence-electron chi connectivity index (χ1n) is 6.06. The van der Waals surface area contributed by atoms with Crippen LogP contribution in [0.1, 0.15) is 17.9 Å². The van der Waals surface area contributed by atoms with Crippen molar-refractivity contribution in [3.63, 3.8) is 0 Å². The van der Waals surface area contributed by atoms with Crippen molar-refractivity contribution in [2.24, 2.45) is 0 Å². The number of hydrogen-bond acceptors (Lipinski definition) is 4. The second-order valence-corrected chi connectivity index (χ2v) is 4.44. The highest BCUT2D eigenvalue weighted by atomic mass is 16.6. The molecule has 3 rings (SSSR count). The van der Waals surface area contributed by atoms with Gasteiger partial charge in [0.05, 0.1) is 7.11 Å². The van der Waals surface area contributed by atoms with Gasteiger partial charge in [0.1, 0.15) is 13.2 Å². The Balaban J connectivity index is 1.99. The van der Waals surface area contributed by atoms with Gasteiger partial charge in [0.15, 0.2) is 11.5 Å². The van der Waals surface area contributed by atoms with Crippen LogP contribution in [0.4, 0.5) is 0 Å². The highest BCUT2D eigenvalue weighted by Crippen LogP contribution is 2.42. The van der Waals surface area contributed by atoms with E-state index in [9.17, 15) is 0 Å². The molecule has 92 valence electrons. The molecule has 1 aromatic carbocycles. The maximum atomic E-state index is 5.64. The number of hydrogen-bond donors (Lipinski definition) is 1. The number of rotatable bonds is 2. The van der Waals surface area contributed by atoms with Crippen molar-refractivity contribution in [2.75, 3.05) is 33.4 Å². The lowest BCUT2D eigenvalue weighted by molar-refractivity contribution is 0.165. The van der Waals surface area contributed by atoms with Crippen molar-refractivity contribution in [3.8, 4) is 17.2 Å². The minimum absolute atomic E-state index is 0.555. The third kappa shape index (κ3) is 1.93. The Labute approximate surface area is 101 Å². The van der Waals surface area contributed by atoms with Crippen molar-refractivity contribution in [1.82, 2.24) is 5.32 Å². The smallest absolute Gasteiger partial charge is 0.203 e. The average molecular weight is 235 g/mol. The van der Waals surface area contributed by atoms with Crippen LogP contribution in [-0.4, -0.2) is 33.4 Å². The Morgan fingerprint density at radius 2 is 2.18 bits per heavy atom. The van der Waals surface area contributed by atoms with E-state index in [2.05, 4.69) is 17.4 Å². The summed E-state index contributed by atoms with van der Waals surface area (Å²) in [6.07, 6.45) is 1.17. The lowest BCUT2D eigenvalue weighted by Crippen LogP contribution is -2.16. The molecular weight excluding hydrogens is 218 g/mol. The third-order valence-electron chi connectivity index (χ3n) is 3.38. The first-order chi connectivity index (χ1) is 8.38. The molecule has 0 bridgehead atoms. The molecule has 1 saturated heterocycles. The molecule has 0 spiro atoms. The molecule has 2 heterocycles. The number of nitrogens with one attached hydrogen (secondary N) is 1. The fraction of sp³-hybridized carbons (Fsp3) is 0.538. The average Bonchev–Trinajstić information content (AvgIpc) is 2.91. The second kappa shape index (κ2) is 4.45. The van der Waals surface area contributed by atoms with E-state index in [4.69, 9.17) is 14.2 Å². The standard InChI is InChI=1S/C13H17NO3/c1-15-11-6-10(9-2-3-14-8-9)7-12-13(11)17-5-4-16-12/h6-7,9,14H,2-5,8H2,1H3. The Kier molecular flexibility index (Phi) is 2.81. The van der Waals surface area contributed by atoms with Gasteiger partial charge < -0.3 is 19.5 Å². The van der Waals surface area contributed by atoms with Crippen LogP contribution in [0.15, 0.2) is 12.1 Å². The molecule has 0 saturated carbocycles. The van der Waals surface area contributed by atoms with Crippen molar-refractivity contribution in [3.05, 3.63) is 17.7 Å². The van der Waals surface area contributed by atoms with Gasteiger partial charge in [0.25, 0.3) is 0 Å². The molecule has 0 aliphatic carbocycles. The predicted octanol–water partition coefficient (Wildman–Crippen LogP) is 1.54. The van der Waals surface area contributed by atoms with E-state index in [-0.39, 0.29) is 0 Å². The van der Waals surface area contributed by atoms with Crippen LogP contribution in [-0.2, 0) is 0 Å². The maximum absolute atomic E-state index is 5.64. The second-order valence-electron chi connectivity index (χ2n) is 4.44. The van der Waals surface area contributed by atoms with Crippen molar-refractivity contribution < 1.29 is 14.2 Å². The van der Waals surface area contributed by atoms with E-state index in [0.717, 1.165) is 30.3 Å². The highest BCUT2D eigenvalue weighted by Gasteiger charge is 2.23. The molecule has 2 aliphatic heterocycles. The van der Waals surface area contributed by atoms with Crippen LogP contribution >= 0.6 is 0 Å². The van der Waals surface area contributed by atoms with E-state index >= 15 is 0 Å². The largest absolute Gasteiger partial charge is 0.493 e. The summed E-state index contributed by atoms with van der Waals surface area (Å²) in [6.45, 7) is 3.32. The van der Waals surface area contributed by atoms with Crippen molar-refractivity contribution in [2.45, 2.75) is 12.3 Å². The molecule has 2 aliphatic rings. The third-order valence-corrected chi connectivity index (χ3v) is 3.38. The summed E-state index contributed by atoms with van der Waals surface area (Å²) >= 11 is 0. The van der Waals surface area contributed by atoms with Gasteiger partial charge in [0, 0.05) is 6.54 Å². The topological polar surface area (TPSA) is 39.7 Å². The van der Waals surface area contributed by atoms with E-state index in [1.54, 1.807) is 7.11 Å². The van der Waals surface area contributed by atoms with E-state index in [1.807, 2.05) is 0 Å². The molecular formula is C13H17NO3. The summed E-state index contributed by atoms with van der Waals surface area (Å²) in [7, 11) is 1.67. The SMILES string of the molecule is COc1cc(C2CCNC2)cc2c1OCCO2. The van der Waals surface area contributed by atoms with Crippen LogP contribution in [0.25, 0.3) is 0 Å². The zero-order valence-electron chi connectivity index (χ0n) is 9.99. The van der Waals surface area contributed by atoms with Crippen LogP contribution in [0.5, 0.6) is 17.2 Å². The molecule has 17 heavy (non-hydrogen) atoms. The Hall–Kier alpha value is -1.42. The van der Waals surface area contributed by atoms with E-state index < -0.39 is 0 Å². The zero-order chi connectivity index (χ0) is 11.7. The lowest BCUT2D eigenvalue weighted by Gasteiger charge is -2.22. The molecule has 4 heteroatoms. The van der Waals surface area contributed by atoms with Crippen LogP contribution in [0.3, 0.4) is 0 Å². The number of fused-ring (bicyclic) bond motifs is 1. The van der Waals surface area contributed by atoms with Crippen molar-refractivity contribution >= 4 is 0 Å². The van der Waals surface area contributed by atoms with Crippen LogP contribution < -0.4 is 19.5 Å². The molecule has 1 atom stereocenters. The quantitative estimate of drug-likeness (QED) is 0.844. The first kappa shape index (κ1) is 10.7. The molecule has 4 nitrogen and oxygen atoms in total. The maximum Gasteiger partial charge on any atom is 0.203 e. The van der Waals surface area contributed by atoms with E-state index in [1.165, 1.54) is 12.0 Å². The van der Waals surface area contributed by atoms with Crippen molar-refractivity contribution in [1.29, 1.82) is 0 Å². The van der Waals surface area contributed by atoms with Gasteiger partial charge in [0.2, 0.25) is 5.75 Å². The normalized spacial score (nSPS) is 22.5. The number of ether oxygens (including phenoxy) is 3. The van der Waals surface area contributed by atoms with Gasteiger partial charge >= 0.3 is 0 Å². The zero-order valence-corrected chi connectivity index (χ0v) is 9.99. The van der Waals surface area contributed by atoms with Gasteiger partial charge in [-0.2, -0.15) is 0 Å². The monoisotopic (exact) mass is 235 g/mol. The minimum Gasteiger partial charge on any atom is -0.493 e. The summed E-state index contributed by atoms with van der Waals surface area (Å²) in [4.78, 5) is 0. The van der Waals surface area contributed by atoms with Gasteiger partial charge in [-0.25, -0.2) is 0 Å². The van der Waals surface area contributed by atoms with Crippen LogP contribution in [0, 0.1) is 0 Å². The Morgan fingerprint density at radius 1 is 1.29 bits per heavy atom. The first-order valence-corrected chi connectivity index (χ1v) is 6.06. The van der Waals surface area contributed by atoms with Crippen LogP contribution in [0.2, 0.25) is 0 Å². The van der Waals surface area contributed by atoms with E-state index in [0.29, 0.717) is 19.1 Å². The Morgan fingerprint density at radius 3 is 2.94 bits per heavy atom. The highest BCUT2D eigenvalue weighted by molar-refractivity contribution is 5.55. The molecule has 0 amide bonds.